The van der Waals surface area contributed by atoms with E-state index in [4.69, 9.17) is 0 Å². The molecule has 0 bridgehead atoms. The lowest BCUT2D eigenvalue weighted by Gasteiger charge is -2.14. The van der Waals surface area contributed by atoms with Crippen molar-refractivity contribution in [3.63, 3.8) is 0 Å². The maximum atomic E-state index is 11.6. The molecule has 0 aliphatic heterocycles. The third kappa shape index (κ3) is 3.78. The molecule has 8 heteroatoms. The molecular weight excluding hydrogens is 340 g/mol. The highest BCUT2D eigenvalue weighted by Gasteiger charge is 2.22. The van der Waals surface area contributed by atoms with Crippen LogP contribution in [0, 0.1) is 13.8 Å². The first-order chi connectivity index (χ1) is 10.5. The fraction of sp³-hybridized carbons (Fsp3) is 0.200. The van der Waals surface area contributed by atoms with E-state index >= 15 is 0 Å². The molecule has 0 unspecified atom stereocenters. The zero-order valence-electron chi connectivity index (χ0n) is 12.5. The number of benzene rings is 2. The fourth-order valence-electron chi connectivity index (χ4n) is 2.46. The number of rotatable bonds is 4. The summed E-state index contributed by atoms with van der Waals surface area (Å²) >= 11 is 0. The van der Waals surface area contributed by atoms with Gasteiger partial charge in [0.25, 0.3) is 20.2 Å². The smallest absolute Gasteiger partial charge is 0.282 e. The van der Waals surface area contributed by atoms with Crippen LogP contribution in [0.25, 0.3) is 0 Å². The summed E-state index contributed by atoms with van der Waals surface area (Å²) in [5, 5.41) is 0. The highest BCUT2D eigenvalue weighted by Crippen LogP contribution is 2.27. The first kappa shape index (κ1) is 17.6. The maximum absolute atomic E-state index is 11.6. The molecule has 0 saturated carbocycles. The van der Waals surface area contributed by atoms with Crippen LogP contribution in [0.4, 0.5) is 0 Å². The zero-order chi connectivity index (χ0) is 17.4. The first-order valence-electron chi connectivity index (χ1n) is 6.64. The van der Waals surface area contributed by atoms with Crippen LogP contribution in [0.2, 0.25) is 0 Å². The lowest BCUT2D eigenvalue weighted by Crippen LogP contribution is -2.10. The Balaban J connectivity index is 2.72. The molecule has 2 aromatic carbocycles. The van der Waals surface area contributed by atoms with Gasteiger partial charge >= 0.3 is 0 Å². The molecule has 0 aliphatic rings. The summed E-state index contributed by atoms with van der Waals surface area (Å²) in [6.45, 7) is 3.32. The van der Waals surface area contributed by atoms with E-state index < -0.39 is 20.2 Å². The van der Waals surface area contributed by atoms with E-state index in [0.29, 0.717) is 11.1 Å². The minimum atomic E-state index is -4.45. The van der Waals surface area contributed by atoms with Crippen molar-refractivity contribution in [2.45, 2.75) is 30.1 Å². The van der Waals surface area contributed by atoms with Crippen LogP contribution in [0.15, 0.2) is 46.2 Å². The van der Waals surface area contributed by atoms with Gasteiger partial charge in [-0.2, -0.15) is 16.8 Å². The lowest BCUT2D eigenvalue weighted by molar-refractivity contribution is 0.481. The Morgan fingerprint density at radius 1 is 0.739 bits per heavy atom. The minimum Gasteiger partial charge on any atom is -0.282 e. The van der Waals surface area contributed by atoms with Gasteiger partial charge in [-0.15, -0.1) is 0 Å². The van der Waals surface area contributed by atoms with E-state index in [-0.39, 0.29) is 27.3 Å². The Hall–Kier alpha value is -1.74. The van der Waals surface area contributed by atoms with E-state index in [0.717, 1.165) is 0 Å². The third-order valence-electron chi connectivity index (χ3n) is 3.64. The monoisotopic (exact) mass is 356 g/mol. The van der Waals surface area contributed by atoms with Crippen molar-refractivity contribution in [2.24, 2.45) is 0 Å². The van der Waals surface area contributed by atoms with E-state index in [2.05, 4.69) is 0 Å². The summed E-state index contributed by atoms with van der Waals surface area (Å²) in [6.07, 6.45) is -0.0520. The van der Waals surface area contributed by atoms with Crippen molar-refractivity contribution in [2.75, 3.05) is 0 Å². The normalized spacial score (nSPS) is 12.3. The molecule has 2 N–H and O–H groups in total. The quantitative estimate of drug-likeness (QED) is 0.814. The van der Waals surface area contributed by atoms with Crippen molar-refractivity contribution in [1.29, 1.82) is 0 Å². The van der Waals surface area contributed by atoms with Gasteiger partial charge in [0.2, 0.25) is 0 Å². The Bertz CT molecular complexity index is 880. The second kappa shape index (κ2) is 6.04. The van der Waals surface area contributed by atoms with Crippen LogP contribution < -0.4 is 0 Å². The van der Waals surface area contributed by atoms with Gasteiger partial charge in [-0.3, -0.25) is 9.11 Å². The number of hydrogen-bond acceptors (Lipinski definition) is 4. The van der Waals surface area contributed by atoms with Gasteiger partial charge in [0.05, 0.1) is 9.79 Å². The minimum absolute atomic E-state index is 0.0520. The van der Waals surface area contributed by atoms with Gasteiger partial charge in [-0.05, 0) is 48.2 Å². The Kier molecular flexibility index (Phi) is 4.63. The van der Waals surface area contributed by atoms with E-state index in [1.807, 2.05) is 0 Å². The van der Waals surface area contributed by atoms with Gasteiger partial charge < -0.3 is 0 Å². The molecule has 2 aromatic rings. The SMILES string of the molecule is Cc1cccc(S(=O)(=O)O)c1Cc1c(C)cccc1S(=O)(=O)O. The van der Waals surface area contributed by atoms with Crippen LogP contribution in [0.3, 0.4) is 0 Å². The van der Waals surface area contributed by atoms with Gasteiger partial charge in [0.15, 0.2) is 0 Å². The number of aryl methyl sites for hydroxylation is 2. The van der Waals surface area contributed by atoms with Crippen LogP contribution in [-0.4, -0.2) is 25.9 Å². The predicted molar refractivity (Wildman–Crippen MR) is 84.8 cm³/mol. The van der Waals surface area contributed by atoms with Crippen molar-refractivity contribution in [3.05, 3.63) is 58.7 Å². The molecule has 0 atom stereocenters. The topological polar surface area (TPSA) is 109 Å². The second-order valence-electron chi connectivity index (χ2n) is 5.23. The van der Waals surface area contributed by atoms with Gasteiger partial charge in [-0.25, -0.2) is 0 Å². The highest BCUT2D eigenvalue weighted by atomic mass is 32.2. The van der Waals surface area contributed by atoms with Crippen molar-refractivity contribution >= 4 is 20.2 Å². The second-order valence-corrected chi connectivity index (χ2v) is 8.01. The standard InChI is InChI=1S/C15H16O6S2/c1-10-5-3-7-14(22(16,17)18)12(10)9-13-11(2)6-4-8-15(13)23(19,20)21/h3-8H,9H2,1-2H3,(H,16,17,18)(H,19,20,21). The third-order valence-corrected chi connectivity index (χ3v) is 5.52. The average Bonchev–Trinajstić information content (AvgIpc) is 2.40. The van der Waals surface area contributed by atoms with Gasteiger partial charge in [0, 0.05) is 6.42 Å². The maximum Gasteiger partial charge on any atom is 0.294 e. The molecule has 23 heavy (non-hydrogen) atoms. The fourth-order valence-corrected chi connectivity index (χ4v) is 4.05. The molecule has 0 spiro atoms. The molecule has 0 fully saturated rings. The van der Waals surface area contributed by atoms with E-state index in [1.165, 1.54) is 24.3 Å². The predicted octanol–water partition coefficient (Wildman–Crippen LogP) is 2.39. The Morgan fingerprint density at radius 2 is 1.09 bits per heavy atom. The van der Waals surface area contributed by atoms with Crippen LogP contribution in [-0.2, 0) is 26.7 Å². The van der Waals surface area contributed by atoms with Crippen molar-refractivity contribution in [3.8, 4) is 0 Å². The molecule has 0 amide bonds. The van der Waals surface area contributed by atoms with Crippen LogP contribution in [0.5, 0.6) is 0 Å². The molecule has 2 rings (SSSR count). The molecule has 0 heterocycles. The summed E-state index contributed by atoms with van der Waals surface area (Å²) < 4.78 is 65.0. The van der Waals surface area contributed by atoms with Crippen LogP contribution >= 0.6 is 0 Å². The van der Waals surface area contributed by atoms with Gasteiger partial charge in [-0.1, -0.05) is 24.3 Å². The van der Waals surface area contributed by atoms with Gasteiger partial charge in [0.1, 0.15) is 0 Å². The summed E-state index contributed by atoms with van der Waals surface area (Å²) in [4.78, 5) is -0.552. The average molecular weight is 356 g/mol. The van der Waals surface area contributed by atoms with Crippen molar-refractivity contribution < 1.29 is 25.9 Å². The molecule has 0 aliphatic carbocycles. The Morgan fingerprint density at radius 3 is 1.39 bits per heavy atom. The summed E-state index contributed by atoms with van der Waals surface area (Å²) in [6, 6.07) is 8.81. The summed E-state index contributed by atoms with van der Waals surface area (Å²) in [5.41, 5.74) is 1.75. The van der Waals surface area contributed by atoms with Crippen LogP contribution in [0.1, 0.15) is 22.3 Å². The van der Waals surface area contributed by atoms with E-state index in [9.17, 15) is 25.9 Å². The van der Waals surface area contributed by atoms with Crippen molar-refractivity contribution in [1.82, 2.24) is 0 Å². The molecular formula is C15H16O6S2. The number of hydrogen-bond donors (Lipinski definition) is 2. The largest absolute Gasteiger partial charge is 0.294 e. The summed E-state index contributed by atoms with van der Waals surface area (Å²) in [5.74, 6) is 0. The first-order valence-corrected chi connectivity index (χ1v) is 9.52. The molecule has 0 radical (unpaired) electrons. The molecule has 124 valence electrons. The zero-order valence-corrected chi connectivity index (χ0v) is 14.1. The molecule has 6 nitrogen and oxygen atoms in total. The van der Waals surface area contributed by atoms with E-state index in [1.54, 1.807) is 26.0 Å². The highest BCUT2D eigenvalue weighted by molar-refractivity contribution is 7.86. The lowest BCUT2D eigenvalue weighted by atomic mass is 9.97. The molecule has 0 saturated heterocycles. The Labute approximate surface area is 135 Å². The molecule has 0 aromatic heterocycles. The summed E-state index contributed by atoms with van der Waals surface area (Å²) in [7, 11) is -8.90.